The van der Waals surface area contributed by atoms with Crippen LogP contribution in [0.4, 0.5) is 0 Å². The molecule has 0 amide bonds. The number of guanidine groups is 1. The summed E-state index contributed by atoms with van der Waals surface area (Å²) >= 11 is 0. The number of aliphatic hydroxyl groups excluding tert-OH is 1. The lowest BCUT2D eigenvalue weighted by Gasteiger charge is -2.40. The van der Waals surface area contributed by atoms with Crippen molar-refractivity contribution in [3.05, 3.63) is 24.2 Å². The average molecular weight is 323 g/mol. The first-order valence-corrected chi connectivity index (χ1v) is 8.42. The first kappa shape index (κ1) is 17.8. The lowest BCUT2D eigenvalue weighted by molar-refractivity contribution is 0.0778. The topological polar surface area (TPSA) is 79.0 Å². The molecule has 0 spiro atoms. The Balaban J connectivity index is 1.86. The fourth-order valence-corrected chi connectivity index (χ4v) is 2.85. The number of nitrogens with zero attached hydrogens (tertiary/aromatic N) is 1. The van der Waals surface area contributed by atoms with Gasteiger partial charge in [-0.3, -0.25) is 4.99 Å². The van der Waals surface area contributed by atoms with E-state index in [0.29, 0.717) is 12.3 Å². The lowest BCUT2D eigenvalue weighted by atomic mass is 9.67. The number of rotatable bonds is 9. The standard InChI is InChI=1S/C17H29N3O3/c1-3-18-16(19-12-14(21)15-6-4-10-23-15)20-13-17(7-5-8-17)9-11-22-2/h4,6,10,14,21H,3,5,7-9,11-13H2,1-2H3,(H2,18,19,20). The molecule has 1 aromatic heterocycles. The fraction of sp³-hybridized carbons (Fsp3) is 0.706. The molecule has 1 aliphatic rings. The van der Waals surface area contributed by atoms with Gasteiger partial charge in [0.15, 0.2) is 5.96 Å². The van der Waals surface area contributed by atoms with Crippen molar-refractivity contribution >= 4 is 5.96 Å². The molecule has 2 rings (SSSR count). The van der Waals surface area contributed by atoms with Crippen molar-refractivity contribution in [2.75, 3.05) is 33.4 Å². The Morgan fingerprint density at radius 2 is 2.30 bits per heavy atom. The molecule has 0 saturated heterocycles. The second-order valence-corrected chi connectivity index (χ2v) is 6.20. The SMILES string of the molecule is CCNC(=NCC1(CCOC)CCC1)NCC(O)c1ccco1. The van der Waals surface area contributed by atoms with Gasteiger partial charge in [-0.05, 0) is 43.7 Å². The number of hydrogen-bond donors (Lipinski definition) is 3. The van der Waals surface area contributed by atoms with Crippen molar-refractivity contribution in [3.8, 4) is 0 Å². The van der Waals surface area contributed by atoms with Crippen molar-refractivity contribution < 1.29 is 14.3 Å². The predicted octanol–water partition coefficient (Wildman–Crippen LogP) is 2.07. The van der Waals surface area contributed by atoms with Crippen molar-refractivity contribution in [2.24, 2.45) is 10.4 Å². The summed E-state index contributed by atoms with van der Waals surface area (Å²) in [4.78, 5) is 4.71. The van der Waals surface area contributed by atoms with E-state index in [1.807, 2.05) is 6.92 Å². The molecular formula is C17H29N3O3. The van der Waals surface area contributed by atoms with Crippen LogP contribution < -0.4 is 10.6 Å². The fourth-order valence-electron chi connectivity index (χ4n) is 2.85. The van der Waals surface area contributed by atoms with Crippen LogP contribution in [-0.2, 0) is 4.74 Å². The minimum atomic E-state index is -0.681. The molecule has 3 N–H and O–H groups in total. The van der Waals surface area contributed by atoms with Crippen LogP contribution in [0.15, 0.2) is 27.8 Å². The molecule has 0 bridgehead atoms. The van der Waals surface area contributed by atoms with Crippen molar-refractivity contribution in [2.45, 2.75) is 38.7 Å². The normalized spacial score (nSPS) is 18.3. The highest BCUT2D eigenvalue weighted by Crippen LogP contribution is 2.44. The Bertz CT molecular complexity index is 469. The molecule has 6 heteroatoms. The predicted molar refractivity (Wildman–Crippen MR) is 90.4 cm³/mol. The van der Waals surface area contributed by atoms with Crippen LogP contribution in [0, 0.1) is 5.41 Å². The van der Waals surface area contributed by atoms with E-state index in [9.17, 15) is 5.11 Å². The number of aliphatic imine (C=N–C) groups is 1. The monoisotopic (exact) mass is 323 g/mol. The number of hydrogen-bond acceptors (Lipinski definition) is 4. The van der Waals surface area contributed by atoms with Gasteiger partial charge < -0.3 is 24.9 Å². The van der Waals surface area contributed by atoms with Crippen molar-refractivity contribution in [1.82, 2.24) is 10.6 Å². The second-order valence-electron chi connectivity index (χ2n) is 6.20. The zero-order valence-electron chi connectivity index (χ0n) is 14.2. The summed E-state index contributed by atoms with van der Waals surface area (Å²) in [5.74, 6) is 1.30. The molecule has 0 aliphatic heterocycles. The van der Waals surface area contributed by atoms with Crippen LogP contribution in [0.2, 0.25) is 0 Å². The molecule has 1 aliphatic carbocycles. The maximum Gasteiger partial charge on any atom is 0.191 e. The molecule has 130 valence electrons. The van der Waals surface area contributed by atoms with E-state index in [4.69, 9.17) is 14.1 Å². The van der Waals surface area contributed by atoms with Gasteiger partial charge in [-0.15, -0.1) is 0 Å². The zero-order chi connectivity index (χ0) is 16.5. The van der Waals surface area contributed by atoms with Gasteiger partial charge >= 0.3 is 0 Å². The highest BCUT2D eigenvalue weighted by atomic mass is 16.5. The minimum absolute atomic E-state index is 0.290. The summed E-state index contributed by atoms with van der Waals surface area (Å²) < 4.78 is 10.4. The minimum Gasteiger partial charge on any atom is -0.467 e. The highest BCUT2D eigenvalue weighted by Gasteiger charge is 2.36. The Kier molecular flexibility index (Phi) is 6.92. The Morgan fingerprint density at radius 1 is 1.48 bits per heavy atom. The number of ether oxygens (including phenoxy) is 1. The second kappa shape index (κ2) is 8.93. The van der Waals surface area contributed by atoms with Gasteiger partial charge in [0.05, 0.1) is 12.8 Å². The third-order valence-corrected chi connectivity index (χ3v) is 4.50. The van der Waals surface area contributed by atoms with Crippen molar-refractivity contribution in [3.63, 3.8) is 0 Å². The molecule has 1 aromatic rings. The van der Waals surface area contributed by atoms with Crippen LogP contribution >= 0.6 is 0 Å². The van der Waals surface area contributed by atoms with Crippen LogP contribution in [0.5, 0.6) is 0 Å². The summed E-state index contributed by atoms with van der Waals surface area (Å²) in [6.45, 7) is 4.77. The Morgan fingerprint density at radius 3 is 2.87 bits per heavy atom. The van der Waals surface area contributed by atoms with Crippen molar-refractivity contribution in [1.29, 1.82) is 0 Å². The van der Waals surface area contributed by atoms with E-state index >= 15 is 0 Å². The molecule has 1 atom stereocenters. The van der Waals surface area contributed by atoms with Gasteiger partial charge in [0.1, 0.15) is 11.9 Å². The van der Waals surface area contributed by atoms with Crippen LogP contribution in [0.1, 0.15) is 44.5 Å². The molecule has 23 heavy (non-hydrogen) atoms. The van der Waals surface area contributed by atoms with Crippen LogP contribution in [0.3, 0.4) is 0 Å². The third kappa shape index (κ3) is 5.25. The molecule has 1 saturated carbocycles. The summed E-state index contributed by atoms with van der Waals surface area (Å²) in [5, 5.41) is 16.5. The third-order valence-electron chi connectivity index (χ3n) is 4.50. The Hall–Kier alpha value is -1.53. The van der Waals surface area contributed by atoms with Gasteiger partial charge in [-0.25, -0.2) is 0 Å². The van der Waals surface area contributed by atoms with Gasteiger partial charge in [0, 0.05) is 26.8 Å². The Labute approximate surface area is 138 Å². The van der Waals surface area contributed by atoms with E-state index in [0.717, 1.165) is 32.1 Å². The molecule has 0 radical (unpaired) electrons. The van der Waals surface area contributed by atoms with Crippen LogP contribution in [0.25, 0.3) is 0 Å². The molecule has 6 nitrogen and oxygen atoms in total. The molecule has 1 fully saturated rings. The van der Waals surface area contributed by atoms with E-state index in [1.54, 1.807) is 25.5 Å². The molecule has 1 unspecified atom stereocenters. The van der Waals surface area contributed by atoms with Crippen LogP contribution in [-0.4, -0.2) is 44.4 Å². The molecular weight excluding hydrogens is 294 g/mol. The number of nitrogens with one attached hydrogen (secondary N) is 2. The van der Waals surface area contributed by atoms with E-state index in [2.05, 4.69) is 10.6 Å². The van der Waals surface area contributed by atoms with E-state index in [-0.39, 0.29) is 5.41 Å². The molecule has 0 aromatic carbocycles. The summed E-state index contributed by atoms with van der Waals surface area (Å²) in [5.41, 5.74) is 0.290. The lowest BCUT2D eigenvalue weighted by Crippen LogP contribution is -2.41. The maximum absolute atomic E-state index is 10.1. The van der Waals surface area contributed by atoms with Gasteiger partial charge in [-0.2, -0.15) is 0 Å². The quantitative estimate of drug-likeness (QED) is 0.479. The largest absolute Gasteiger partial charge is 0.467 e. The summed E-state index contributed by atoms with van der Waals surface area (Å²) in [6, 6.07) is 3.54. The summed E-state index contributed by atoms with van der Waals surface area (Å²) in [6.07, 6.45) is 5.65. The first-order chi connectivity index (χ1) is 11.2. The highest BCUT2D eigenvalue weighted by molar-refractivity contribution is 5.79. The van der Waals surface area contributed by atoms with E-state index in [1.165, 1.54) is 19.3 Å². The smallest absolute Gasteiger partial charge is 0.191 e. The number of aliphatic hydroxyl groups is 1. The summed E-state index contributed by atoms with van der Waals surface area (Å²) in [7, 11) is 1.75. The number of furan rings is 1. The zero-order valence-corrected chi connectivity index (χ0v) is 14.2. The maximum atomic E-state index is 10.1. The van der Waals surface area contributed by atoms with Gasteiger partial charge in [0.2, 0.25) is 0 Å². The van der Waals surface area contributed by atoms with E-state index < -0.39 is 6.10 Å². The molecule has 1 heterocycles. The van der Waals surface area contributed by atoms with Gasteiger partial charge in [0.25, 0.3) is 0 Å². The first-order valence-electron chi connectivity index (χ1n) is 8.42. The van der Waals surface area contributed by atoms with Gasteiger partial charge in [-0.1, -0.05) is 6.42 Å². The number of methoxy groups -OCH3 is 1. The average Bonchev–Trinajstić information content (AvgIpc) is 3.05.